The minimum absolute atomic E-state index is 0.0242. The lowest BCUT2D eigenvalue weighted by Crippen LogP contribution is -2.27. The molecule has 110 valence electrons. The van der Waals surface area contributed by atoms with Crippen LogP contribution in [0, 0.1) is 0 Å². The maximum absolute atomic E-state index is 12.3. The lowest BCUT2D eigenvalue weighted by atomic mass is 10.0. The summed E-state index contributed by atoms with van der Waals surface area (Å²) in [6, 6.07) is 0. The highest BCUT2D eigenvalue weighted by Gasteiger charge is 2.31. The summed E-state index contributed by atoms with van der Waals surface area (Å²) in [6.45, 7) is 1.43. The largest absolute Gasteiger partial charge is 0.349 e. The zero-order valence-electron chi connectivity index (χ0n) is 11.8. The molecule has 1 aliphatic carbocycles. The molecule has 0 saturated heterocycles. The summed E-state index contributed by atoms with van der Waals surface area (Å²) in [5, 5.41) is 2.56. The number of aromatic nitrogens is 2. The zero-order chi connectivity index (χ0) is 15.0. The van der Waals surface area contributed by atoms with Crippen molar-refractivity contribution in [3.63, 3.8) is 0 Å². The highest BCUT2D eigenvalue weighted by molar-refractivity contribution is 8.00. The van der Waals surface area contributed by atoms with Gasteiger partial charge in [0.25, 0.3) is 0 Å². The molecule has 1 amide bonds. The van der Waals surface area contributed by atoms with Crippen molar-refractivity contribution in [2.24, 2.45) is 0 Å². The summed E-state index contributed by atoms with van der Waals surface area (Å²) in [6.07, 6.45) is 5.80. The predicted molar refractivity (Wildman–Crippen MR) is 84.2 cm³/mol. The summed E-state index contributed by atoms with van der Waals surface area (Å²) >= 11 is 3.19. The SMILES string of the molecule is CSc1nc2ncc(C(=O)CNC(C)=O)c(C3CC3)c2s1. The Bertz CT molecular complexity index is 722. The first kappa shape index (κ1) is 14.5. The topological polar surface area (TPSA) is 72.0 Å². The molecule has 2 heterocycles. The molecular formula is C14H15N3O2S2. The van der Waals surface area contributed by atoms with Gasteiger partial charge in [0.15, 0.2) is 15.8 Å². The second kappa shape index (κ2) is 5.73. The molecule has 2 aromatic heterocycles. The molecule has 3 rings (SSSR count). The van der Waals surface area contributed by atoms with Gasteiger partial charge in [-0.25, -0.2) is 9.97 Å². The average molecular weight is 321 g/mol. The first-order chi connectivity index (χ1) is 10.1. The van der Waals surface area contributed by atoms with Gasteiger partial charge in [-0.3, -0.25) is 9.59 Å². The van der Waals surface area contributed by atoms with Gasteiger partial charge in [0, 0.05) is 18.7 Å². The smallest absolute Gasteiger partial charge is 0.217 e. The predicted octanol–water partition coefficient (Wildman–Crippen LogP) is 2.61. The number of amides is 1. The molecule has 1 aliphatic rings. The van der Waals surface area contributed by atoms with E-state index in [1.807, 2.05) is 6.26 Å². The van der Waals surface area contributed by atoms with Crippen LogP contribution in [0.2, 0.25) is 0 Å². The Morgan fingerprint density at radius 3 is 2.86 bits per heavy atom. The van der Waals surface area contributed by atoms with Crippen molar-refractivity contribution in [3.8, 4) is 0 Å². The quantitative estimate of drug-likeness (QED) is 0.677. The van der Waals surface area contributed by atoms with Crippen molar-refractivity contribution in [1.82, 2.24) is 15.3 Å². The van der Waals surface area contributed by atoms with E-state index in [4.69, 9.17) is 0 Å². The van der Waals surface area contributed by atoms with Gasteiger partial charge in [-0.2, -0.15) is 0 Å². The number of carbonyl (C=O) groups excluding carboxylic acids is 2. The molecule has 0 spiro atoms. The van der Waals surface area contributed by atoms with Gasteiger partial charge in [-0.1, -0.05) is 11.8 Å². The third-order valence-corrected chi connectivity index (χ3v) is 5.46. The Labute approximate surface area is 130 Å². The Balaban J connectivity index is 2.03. The van der Waals surface area contributed by atoms with Crippen molar-refractivity contribution in [3.05, 3.63) is 17.3 Å². The molecular weight excluding hydrogens is 306 g/mol. The number of nitrogens with zero attached hydrogens (tertiary/aromatic N) is 2. The van der Waals surface area contributed by atoms with E-state index in [-0.39, 0.29) is 18.2 Å². The molecule has 1 N–H and O–H groups in total. The number of thioether (sulfide) groups is 1. The monoisotopic (exact) mass is 321 g/mol. The summed E-state index contributed by atoms with van der Waals surface area (Å²) in [5.74, 6) is 0.148. The standard InChI is InChI=1S/C14H15N3O2S2/c1-7(18)15-6-10(19)9-5-16-13-12(11(9)8-3-4-8)21-14(17-13)20-2/h5,8H,3-4,6H2,1-2H3,(H,15,18). The Morgan fingerprint density at radius 2 is 2.24 bits per heavy atom. The highest BCUT2D eigenvalue weighted by atomic mass is 32.2. The first-order valence-corrected chi connectivity index (χ1v) is 8.75. The van der Waals surface area contributed by atoms with Crippen LogP contribution < -0.4 is 5.32 Å². The second-order valence-electron chi connectivity index (χ2n) is 5.03. The van der Waals surface area contributed by atoms with E-state index in [9.17, 15) is 9.59 Å². The zero-order valence-corrected chi connectivity index (χ0v) is 13.4. The summed E-state index contributed by atoms with van der Waals surface area (Å²) in [4.78, 5) is 32.1. The van der Waals surface area contributed by atoms with Crippen LogP contribution in [-0.4, -0.2) is 34.5 Å². The van der Waals surface area contributed by atoms with Gasteiger partial charge in [0.2, 0.25) is 5.91 Å². The van der Waals surface area contributed by atoms with E-state index in [0.717, 1.165) is 33.1 Å². The van der Waals surface area contributed by atoms with Gasteiger partial charge in [-0.15, -0.1) is 11.3 Å². The number of thiazole rings is 1. The third kappa shape index (κ3) is 2.94. The fourth-order valence-corrected chi connectivity index (χ4v) is 3.90. The number of Topliss-reactive ketones (excluding diaryl/α,β-unsaturated/α-hetero) is 1. The number of fused-ring (bicyclic) bond motifs is 1. The molecule has 0 atom stereocenters. The number of pyridine rings is 1. The van der Waals surface area contributed by atoms with Crippen molar-refractivity contribution in [2.45, 2.75) is 30.0 Å². The molecule has 0 radical (unpaired) electrons. The number of nitrogens with one attached hydrogen (secondary N) is 1. The Hall–Kier alpha value is -1.47. The molecule has 2 aromatic rings. The molecule has 1 saturated carbocycles. The van der Waals surface area contributed by atoms with Crippen LogP contribution in [0.1, 0.15) is 41.6 Å². The van der Waals surface area contributed by atoms with Crippen molar-refractivity contribution in [2.75, 3.05) is 12.8 Å². The lowest BCUT2D eigenvalue weighted by molar-refractivity contribution is -0.118. The second-order valence-corrected chi connectivity index (χ2v) is 7.08. The Kier molecular flexibility index (Phi) is 3.95. The maximum atomic E-state index is 12.3. The van der Waals surface area contributed by atoms with Gasteiger partial charge >= 0.3 is 0 Å². The van der Waals surface area contributed by atoms with Gasteiger partial charge in [0.05, 0.1) is 11.2 Å². The lowest BCUT2D eigenvalue weighted by Gasteiger charge is -2.08. The summed E-state index contributed by atoms with van der Waals surface area (Å²) in [7, 11) is 0. The van der Waals surface area contributed by atoms with Crippen LogP contribution in [0.25, 0.3) is 10.3 Å². The Morgan fingerprint density at radius 1 is 1.48 bits per heavy atom. The number of carbonyl (C=O) groups is 2. The average Bonchev–Trinajstić information content (AvgIpc) is 3.21. The van der Waals surface area contributed by atoms with E-state index >= 15 is 0 Å². The maximum Gasteiger partial charge on any atom is 0.217 e. The normalized spacial score (nSPS) is 14.4. The van der Waals surface area contributed by atoms with Gasteiger partial charge < -0.3 is 5.32 Å². The third-order valence-electron chi connectivity index (χ3n) is 3.40. The van der Waals surface area contributed by atoms with Crippen LogP contribution in [0.3, 0.4) is 0 Å². The molecule has 1 fully saturated rings. The van der Waals surface area contributed by atoms with Gasteiger partial charge in [0.1, 0.15) is 0 Å². The minimum atomic E-state index is -0.201. The van der Waals surface area contributed by atoms with Crippen LogP contribution in [-0.2, 0) is 4.79 Å². The van der Waals surface area contributed by atoms with E-state index in [2.05, 4.69) is 15.3 Å². The minimum Gasteiger partial charge on any atom is -0.349 e. The van der Waals surface area contributed by atoms with Crippen molar-refractivity contribution >= 4 is 45.1 Å². The molecule has 21 heavy (non-hydrogen) atoms. The molecule has 0 unspecified atom stereocenters. The molecule has 0 bridgehead atoms. The fraction of sp³-hybridized carbons (Fsp3) is 0.429. The van der Waals surface area contributed by atoms with Crippen LogP contribution in [0.5, 0.6) is 0 Å². The van der Waals surface area contributed by atoms with Crippen LogP contribution in [0.15, 0.2) is 10.5 Å². The fourth-order valence-electron chi connectivity index (χ4n) is 2.26. The van der Waals surface area contributed by atoms with Crippen LogP contribution >= 0.6 is 23.1 Å². The van der Waals surface area contributed by atoms with E-state index in [1.165, 1.54) is 6.92 Å². The van der Waals surface area contributed by atoms with E-state index in [1.54, 1.807) is 29.3 Å². The number of ketones is 1. The number of hydrogen-bond donors (Lipinski definition) is 1. The van der Waals surface area contributed by atoms with E-state index in [0.29, 0.717) is 11.5 Å². The molecule has 0 aromatic carbocycles. The van der Waals surface area contributed by atoms with Gasteiger partial charge in [-0.05, 0) is 30.6 Å². The molecule has 5 nitrogen and oxygen atoms in total. The van der Waals surface area contributed by atoms with Crippen molar-refractivity contribution in [1.29, 1.82) is 0 Å². The summed E-state index contributed by atoms with van der Waals surface area (Å²) < 4.78 is 1.99. The number of hydrogen-bond acceptors (Lipinski definition) is 6. The van der Waals surface area contributed by atoms with Crippen LogP contribution in [0.4, 0.5) is 0 Å². The van der Waals surface area contributed by atoms with Crippen molar-refractivity contribution < 1.29 is 9.59 Å². The summed E-state index contributed by atoms with van der Waals surface area (Å²) in [5.41, 5.74) is 2.44. The molecule has 7 heteroatoms. The molecule has 0 aliphatic heterocycles. The number of rotatable bonds is 5. The van der Waals surface area contributed by atoms with E-state index < -0.39 is 0 Å². The highest BCUT2D eigenvalue weighted by Crippen LogP contribution is 2.46. The first-order valence-electron chi connectivity index (χ1n) is 6.71.